The minimum Gasteiger partial charge on any atom is -0.328 e. The van der Waals surface area contributed by atoms with Crippen LogP contribution in [0.5, 0.6) is 0 Å². The molecule has 2 heteroatoms. The van der Waals surface area contributed by atoms with Crippen LogP contribution in [-0.4, -0.2) is 6.04 Å². The Hall–Kier alpha value is -1.33. The number of nitrogens with two attached hydrogens (primary N) is 1. The Balaban J connectivity index is 2.95. The molecule has 0 aliphatic heterocycles. The van der Waals surface area contributed by atoms with Gasteiger partial charge in [0.15, 0.2) is 0 Å². The smallest absolute Gasteiger partial charge is 0.0994 e. The summed E-state index contributed by atoms with van der Waals surface area (Å²) < 4.78 is 0. The van der Waals surface area contributed by atoms with Gasteiger partial charge in [0.05, 0.1) is 11.6 Å². The number of rotatable bonds is 2. The summed E-state index contributed by atoms with van der Waals surface area (Å²) in [5, 5.41) is 8.80. The van der Waals surface area contributed by atoms with E-state index in [4.69, 9.17) is 11.0 Å². The highest BCUT2D eigenvalue weighted by Gasteiger charge is 2.01. The number of nitrogens with zero attached hydrogens (tertiary/aromatic N) is 1. The van der Waals surface area contributed by atoms with E-state index in [-0.39, 0.29) is 6.04 Å². The molecule has 0 spiro atoms. The van der Waals surface area contributed by atoms with Gasteiger partial charge in [0.2, 0.25) is 0 Å². The topological polar surface area (TPSA) is 49.8 Å². The second-order valence-electron chi connectivity index (χ2n) is 3.44. The lowest BCUT2D eigenvalue weighted by molar-refractivity contribution is 0.738. The van der Waals surface area contributed by atoms with E-state index in [2.05, 4.69) is 6.07 Å². The molecule has 0 aliphatic rings. The molecule has 0 aromatic heterocycles. The summed E-state index contributed by atoms with van der Waals surface area (Å²) in [5.41, 5.74) is 8.58. The molecule has 0 fully saturated rings. The highest BCUT2D eigenvalue weighted by Crippen LogP contribution is 2.11. The third kappa shape index (κ3) is 2.57. The maximum absolute atomic E-state index is 8.80. The van der Waals surface area contributed by atoms with Gasteiger partial charge in [-0.25, -0.2) is 0 Å². The Morgan fingerprint density at radius 1 is 1.54 bits per heavy atom. The first-order chi connectivity index (χ1) is 6.13. The van der Waals surface area contributed by atoms with Crippen LogP contribution < -0.4 is 5.73 Å². The van der Waals surface area contributed by atoms with Crippen molar-refractivity contribution in [1.82, 2.24) is 0 Å². The van der Waals surface area contributed by atoms with Gasteiger partial charge in [0, 0.05) is 6.04 Å². The van der Waals surface area contributed by atoms with Crippen LogP contribution in [0.4, 0.5) is 0 Å². The van der Waals surface area contributed by atoms with Gasteiger partial charge in [0.25, 0.3) is 0 Å². The van der Waals surface area contributed by atoms with Crippen molar-refractivity contribution in [2.75, 3.05) is 0 Å². The van der Waals surface area contributed by atoms with Gasteiger partial charge in [-0.15, -0.1) is 0 Å². The van der Waals surface area contributed by atoms with Gasteiger partial charge in [-0.2, -0.15) is 5.26 Å². The molecule has 0 saturated carbocycles. The highest BCUT2D eigenvalue weighted by atomic mass is 14.6. The lowest BCUT2D eigenvalue weighted by atomic mass is 10.0. The Morgan fingerprint density at radius 3 is 2.77 bits per heavy atom. The summed E-state index contributed by atoms with van der Waals surface area (Å²) in [4.78, 5) is 0. The fourth-order valence-electron chi connectivity index (χ4n) is 1.29. The predicted molar refractivity (Wildman–Crippen MR) is 53.2 cm³/mol. The summed E-state index contributed by atoms with van der Waals surface area (Å²) in [7, 11) is 0. The third-order valence-electron chi connectivity index (χ3n) is 1.98. The summed E-state index contributed by atoms with van der Waals surface area (Å²) in [6.45, 7) is 3.90. The van der Waals surface area contributed by atoms with Gasteiger partial charge in [-0.05, 0) is 37.5 Å². The molecule has 2 nitrogen and oxygen atoms in total. The molecule has 0 radical (unpaired) electrons. The zero-order valence-corrected chi connectivity index (χ0v) is 8.04. The molecule has 1 unspecified atom stereocenters. The molecule has 0 amide bonds. The molecular weight excluding hydrogens is 160 g/mol. The van der Waals surface area contributed by atoms with E-state index in [1.807, 2.05) is 32.0 Å². The molecule has 1 aromatic rings. The van der Waals surface area contributed by atoms with Crippen molar-refractivity contribution in [3.05, 3.63) is 34.9 Å². The van der Waals surface area contributed by atoms with Crippen LogP contribution in [0, 0.1) is 18.3 Å². The van der Waals surface area contributed by atoms with Crippen molar-refractivity contribution in [2.45, 2.75) is 26.3 Å². The SMILES string of the molecule is Cc1ccc(CC(C)N)cc1C#N. The summed E-state index contributed by atoms with van der Waals surface area (Å²) in [5.74, 6) is 0. The molecule has 13 heavy (non-hydrogen) atoms. The van der Waals surface area contributed by atoms with E-state index in [1.165, 1.54) is 0 Å². The number of nitriles is 1. The zero-order chi connectivity index (χ0) is 9.84. The van der Waals surface area contributed by atoms with E-state index < -0.39 is 0 Å². The number of aryl methyl sites for hydroxylation is 1. The van der Waals surface area contributed by atoms with E-state index >= 15 is 0 Å². The average Bonchev–Trinajstić information content (AvgIpc) is 2.07. The maximum atomic E-state index is 8.80. The van der Waals surface area contributed by atoms with Gasteiger partial charge < -0.3 is 5.73 Å². The van der Waals surface area contributed by atoms with Gasteiger partial charge in [-0.1, -0.05) is 12.1 Å². The molecule has 1 aromatic carbocycles. The minimum atomic E-state index is 0.147. The molecule has 2 N–H and O–H groups in total. The molecule has 0 saturated heterocycles. The Morgan fingerprint density at radius 2 is 2.23 bits per heavy atom. The number of benzene rings is 1. The quantitative estimate of drug-likeness (QED) is 0.742. The van der Waals surface area contributed by atoms with Crippen molar-refractivity contribution in [3.8, 4) is 6.07 Å². The fourth-order valence-corrected chi connectivity index (χ4v) is 1.29. The van der Waals surface area contributed by atoms with E-state index in [9.17, 15) is 0 Å². The van der Waals surface area contributed by atoms with Crippen molar-refractivity contribution < 1.29 is 0 Å². The summed E-state index contributed by atoms with van der Waals surface area (Å²) in [6.07, 6.45) is 0.828. The Bertz CT molecular complexity index is 334. The Kier molecular flexibility index (Phi) is 3.05. The second-order valence-corrected chi connectivity index (χ2v) is 3.44. The molecule has 0 bridgehead atoms. The van der Waals surface area contributed by atoms with Crippen molar-refractivity contribution in [2.24, 2.45) is 5.73 Å². The lowest BCUT2D eigenvalue weighted by Crippen LogP contribution is -2.17. The fraction of sp³-hybridized carbons (Fsp3) is 0.364. The first-order valence-corrected chi connectivity index (χ1v) is 4.38. The van der Waals surface area contributed by atoms with Crippen LogP contribution in [0.25, 0.3) is 0 Å². The van der Waals surface area contributed by atoms with Gasteiger partial charge in [0.1, 0.15) is 0 Å². The van der Waals surface area contributed by atoms with Crippen LogP contribution in [0.15, 0.2) is 18.2 Å². The second kappa shape index (κ2) is 4.06. The van der Waals surface area contributed by atoms with Crippen molar-refractivity contribution in [3.63, 3.8) is 0 Å². The molecular formula is C11H14N2. The highest BCUT2D eigenvalue weighted by molar-refractivity contribution is 5.39. The van der Waals surface area contributed by atoms with Gasteiger partial charge >= 0.3 is 0 Å². The third-order valence-corrected chi connectivity index (χ3v) is 1.98. The molecule has 68 valence electrons. The lowest BCUT2D eigenvalue weighted by Gasteiger charge is -2.06. The van der Waals surface area contributed by atoms with E-state index in [1.54, 1.807) is 0 Å². The van der Waals surface area contributed by atoms with Crippen LogP contribution in [0.1, 0.15) is 23.6 Å². The number of hydrogen-bond donors (Lipinski definition) is 1. The first-order valence-electron chi connectivity index (χ1n) is 4.38. The zero-order valence-electron chi connectivity index (χ0n) is 8.04. The molecule has 1 atom stereocenters. The maximum Gasteiger partial charge on any atom is 0.0994 e. The van der Waals surface area contributed by atoms with Crippen molar-refractivity contribution >= 4 is 0 Å². The largest absolute Gasteiger partial charge is 0.328 e. The van der Waals surface area contributed by atoms with Crippen molar-refractivity contribution in [1.29, 1.82) is 5.26 Å². The van der Waals surface area contributed by atoms with Gasteiger partial charge in [-0.3, -0.25) is 0 Å². The van der Waals surface area contributed by atoms with Crippen LogP contribution in [-0.2, 0) is 6.42 Å². The molecule has 1 rings (SSSR count). The van der Waals surface area contributed by atoms with E-state index in [0.717, 1.165) is 23.1 Å². The Labute approximate surface area is 79.0 Å². The monoisotopic (exact) mass is 174 g/mol. The predicted octanol–water partition coefficient (Wildman–Crippen LogP) is 1.76. The molecule has 0 heterocycles. The first kappa shape index (κ1) is 9.76. The standard InChI is InChI=1S/C11H14N2/c1-8-3-4-10(5-9(2)13)6-11(8)7-12/h3-4,6,9H,5,13H2,1-2H3. The average molecular weight is 174 g/mol. The minimum absolute atomic E-state index is 0.147. The molecule has 0 aliphatic carbocycles. The summed E-state index contributed by atoms with van der Waals surface area (Å²) in [6, 6.07) is 8.23. The summed E-state index contributed by atoms with van der Waals surface area (Å²) >= 11 is 0. The normalized spacial score (nSPS) is 12.2. The number of hydrogen-bond acceptors (Lipinski definition) is 2. The van der Waals surface area contributed by atoms with Crippen LogP contribution in [0.3, 0.4) is 0 Å². The van der Waals surface area contributed by atoms with Crippen LogP contribution in [0.2, 0.25) is 0 Å². The van der Waals surface area contributed by atoms with E-state index in [0.29, 0.717) is 0 Å². The van der Waals surface area contributed by atoms with Crippen LogP contribution >= 0.6 is 0 Å².